The van der Waals surface area contributed by atoms with E-state index in [-0.39, 0.29) is 18.2 Å². The van der Waals surface area contributed by atoms with Gasteiger partial charge in [0.15, 0.2) is 11.5 Å². The minimum atomic E-state index is 0. The third kappa shape index (κ3) is 2.97. The molecule has 0 amide bonds. The van der Waals surface area contributed by atoms with Crippen molar-refractivity contribution in [1.29, 1.82) is 0 Å². The first-order valence-electron chi connectivity index (χ1n) is 3.98. The molecule has 0 saturated carbocycles. The van der Waals surface area contributed by atoms with Gasteiger partial charge in [0.1, 0.15) is 6.61 Å². The number of nitrogens with two attached hydrogens (primary N) is 1. The van der Waals surface area contributed by atoms with Crippen LogP contribution in [-0.2, 0) is 0 Å². The van der Waals surface area contributed by atoms with Crippen molar-refractivity contribution in [2.75, 3.05) is 20.3 Å². The highest BCUT2D eigenvalue weighted by Gasteiger charge is 2.07. The van der Waals surface area contributed by atoms with Crippen LogP contribution in [0, 0.1) is 0 Å². The predicted molar refractivity (Wildman–Crippen MR) is 56.5 cm³/mol. The fourth-order valence-corrected chi connectivity index (χ4v) is 0.952. The molecule has 1 rings (SSSR count). The van der Waals surface area contributed by atoms with Crippen LogP contribution in [0.5, 0.6) is 17.2 Å². The first kappa shape index (κ1) is 12.9. The van der Waals surface area contributed by atoms with E-state index in [0.29, 0.717) is 24.7 Å². The smallest absolute Gasteiger partial charge is 0.200 e. The summed E-state index contributed by atoms with van der Waals surface area (Å²) in [5.41, 5.74) is 5.26. The van der Waals surface area contributed by atoms with Crippen LogP contribution in [0.3, 0.4) is 0 Å². The lowest BCUT2D eigenvalue weighted by Gasteiger charge is -2.09. The molecule has 14 heavy (non-hydrogen) atoms. The van der Waals surface area contributed by atoms with Crippen LogP contribution in [0.25, 0.3) is 0 Å². The molecule has 0 bridgehead atoms. The molecule has 3 N–H and O–H groups in total. The van der Waals surface area contributed by atoms with Crippen LogP contribution < -0.4 is 15.2 Å². The number of aromatic hydroxyl groups is 1. The van der Waals surface area contributed by atoms with Gasteiger partial charge in [-0.3, -0.25) is 0 Å². The van der Waals surface area contributed by atoms with E-state index in [1.54, 1.807) is 18.2 Å². The van der Waals surface area contributed by atoms with Crippen molar-refractivity contribution in [3.05, 3.63) is 18.2 Å². The maximum atomic E-state index is 9.52. The number of halogens is 1. The SMILES string of the molecule is COc1cccc(OCCN)c1O.Cl. The summed E-state index contributed by atoms with van der Waals surface area (Å²) in [6.45, 7) is 0.789. The van der Waals surface area contributed by atoms with Crippen molar-refractivity contribution in [1.82, 2.24) is 0 Å². The van der Waals surface area contributed by atoms with Crippen molar-refractivity contribution in [2.45, 2.75) is 0 Å². The Balaban J connectivity index is 0.00000169. The number of methoxy groups -OCH3 is 1. The second kappa shape index (κ2) is 6.34. The van der Waals surface area contributed by atoms with Crippen LogP contribution in [0.15, 0.2) is 18.2 Å². The van der Waals surface area contributed by atoms with Gasteiger partial charge in [-0.1, -0.05) is 6.07 Å². The summed E-state index contributed by atoms with van der Waals surface area (Å²) in [6, 6.07) is 5.06. The minimum Gasteiger partial charge on any atom is -0.502 e. The van der Waals surface area contributed by atoms with Gasteiger partial charge in [0, 0.05) is 6.54 Å². The molecular weight excluding hydrogens is 206 g/mol. The molecule has 0 saturated heterocycles. The van der Waals surface area contributed by atoms with Gasteiger partial charge < -0.3 is 20.3 Å². The van der Waals surface area contributed by atoms with Crippen molar-refractivity contribution in [2.24, 2.45) is 5.73 Å². The van der Waals surface area contributed by atoms with E-state index in [2.05, 4.69) is 0 Å². The molecular formula is C9H14ClNO3. The highest BCUT2D eigenvalue weighted by molar-refractivity contribution is 5.85. The van der Waals surface area contributed by atoms with E-state index >= 15 is 0 Å². The predicted octanol–water partition coefficient (Wildman–Crippen LogP) is 1.16. The van der Waals surface area contributed by atoms with E-state index < -0.39 is 0 Å². The second-order valence-electron chi connectivity index (χ2n) is 2.44. The first-order chi connectivity index (χ1) is 6.29. The Morgan fingerprint density at radius 3 is 2.57 bits per heavy atom. The quantitative estimate of drug-likeness (QED) is 0.798. The third-order valence-corrected chi connectivity index (χ3v) is 1.56. The highest BCUT2D eigenvalue weighted by atomic mass is 35.5. The van der Waals surface area contributed by atoms with Gasteiger partial charge in [0.25, 0.3) is 0 Å². The first-order valence-corrected chi connectivity index (χ1v) is 3.98. The summed E-state index contributed by atoms with van der Waals surface area (Å²) in [7, 11) is 1.49. The van der Waals surface area contributed by atoms with E-state index in [4.69, 9.17) is 15.2 Å². The van der Waals surface area contributed by atoms with Crippen molar-refractivity contribution >= 4 is 12.4 Å². The fraction of sp³-hybridized carbons (Fsp3) is 0.333. The standard InChI is InChI=1S/C9H13NO3.ClH/c1-12-7-3-2-4-8(9(7)11)13-6-5-10;/h2-4,11H,5-6,10H2,1H3;1H. The molecule has 1 aromatic carbocycles. The fourth-order valence-electron chi connectivity index (χ4n) is 0.952. The molecule has 0 atom stereocenters. The molecule has 5 heteroatoms. The molecule has 0 unspecified atom stereocenters. The van der Waals surface area contributed by atoms with Gasteiger partial charge >= 0.3 is 0 Å². The molecule has 0 fully saturated rings. The summed E-state index contributed by atoms with van der Waals surface area (Å²) >= 11 is 0. The maximum Gasteiger partial charge on any atom is 0.200 e. The topological polar surface area (TPSA) is 64.7 Å². The number of para-hydroxylation sites is 1. The maximum absolute atomic E-state index is 9.52. The number of phenols is 1. The molecule has 80 valence electrons. The Morgan fingerprint density at radius 1 is 1.36 bits per heavy atom. The van der Waals surface area contributed by atoms with Gasteiger partial charge in [-0.2, -0.15) is 0 Å². The molecule has 0 aromatic heterocycles. The summed E-state index contributed by atoms with van der Waals surface area (Å²) in [4.78, 5) is 0. The molecule has 1 aromatic rings. The number of hydrogen-bond acceptors (Lipinski definition) is 4. The van der Waals surface area contributed by atoms with Crippen molar-refractivity contribution in [3.63, 3.8) is 0 Å². The molecule has 0 aliphatic carbocycles. The average molecular weight is 220 g/mol. The molecule has 0 aliphatic heterocycles. The van der Waals surface area contributed by atoms with Crippen molar-refractivity contribution < 1.29 is 14.6 Å². The Morgan fingerprint density at radius 2 is 2.00 bits per heavy atom. The number of hydrogen-bond donors (Lipinski definition) is 2. The lowest BCUT2D eigenvalue weighted by molar-refractivity contribution is 0.298. The molecule has 0 aliphatic rings. The third-order valence-electron chi connectivity index (χ3n) is 1.56. The Labute approximate surface area is 89.0 Å². The van der Waals surface area contributed by atoms with Gasteiger partial charge in [-0.05, 0) is 12.1 Å². The Kier molecular flexibility index (Phi) is 5.83. The summed E-state index contributed by atoms with van der Waals surface area (Å²) in [5, 5.41) is 9.52. The highest BCUT2D eigenvalue weighted by Crippen LogP contribution is 2.35. The lowest BCUT2D eigenvalue weighted by Crippen LogP contribution is -2.10. The Hall–Kier alpha value is -1.13. The van der Waals surface area contributed by atoms with Crippen LogP contribution in [-0.4, -0.2) is 25.4 Å². The van der Waals surface area contributed by atoms with Gasteiger partial charge in [-0.15, -0.1) is 12.4 Å². The van der Waals surface area contributed by atoms with E-state index in [0.717, 1.165) is 0 Å². The molecule has 0 spiro atoms. The van der Waals surface area contributed by atoms with Crippen LogP contribution in [0.2, 0.25) is 0 Å². The zero-order valence-corrected chi connectivity index (χ0v) is 8.71. The number of rotatable bonds is 4. The normalized spacial score (nSPS) is 9.00. The summed E-state index contributed by atoms with van der Waals surface area (Å²) in [5.74, 6) is 0.803. The molecule has 0 heterocycles. The largest absolute Gasteiger partial charge is 0.502 e. The van der Waals surface area contributed by atoms with E-state index in [1.807, 2.05) is 0 Å². The monoisotopic (exact) mass is 219 g/mol. The van der Waals surface area contributed by atoms with E-state index in [1.165, 1.54) is 7.11 Å². The van der Waals surface area contributed by atoms with Gasteiger partial charge in [0.05, 0.1) is 7.11 Å². The summed E-state index contributed by atoms with van der Waals surface area (Å²) in [6.07, 6.45) is 0. The number of phenolic OH excluding ortho intramolecular Hbond substituents is 1. The van der Waals surface area contributed by atoms with Crippen LogP contribution in [0.4, 0.5) is 0 Å². The number of benzene rings is 1. The number of ether oxygens (including phenoxy) is 2. The van der Waals surface area contributed by atoms with Crippen LogP contribution in [0.1, 0.15) is 0 Å². The Bertz CT molecular complexity index is 281. The zero-order chi connectivity index (χ0) is 9.68. The second-order valence-corrected chi connectivity index (χ2v) is 2.44. The minimum absolute atomic E-state index is 0. The lowest BCUT2D eigenvalue weighted by atomic mass is 10.3. The zero-order valence-electron chi connectivity index (χ0n) is 7.90. The molecule has 4 nitrogen and oxygen atoms in total. The molecule has 0 radical (unpaired) electrons. The van der Waals surface area contributed by atoms with E-state index in [9.17, 15) is 5.11 Å². The average Bonchev–Trinajstić information content (AvgIpc) is 2.16. The van der Waals surface area contributed by atoms with Gasteiger partial charge in [-0.25, -0.2) is 0 Å². The summed E-state index contributed by atoms with van der Waals surface area (Å²) < 4.78 is 10.1. The van der Waals surface area contributed by atoms with Gasteiger partial charge in [0.2, 0.25) is 5.75 Å². The van der Waals surface area contributed by atoms with Crippen molar-refractivity contribution in [3.8, 4) is 17.2 Å². The van der Waals surface area contributed by atoms with Crippen LogP contribution >= 0.6 is 12.4 Å².